The first-order chi connectivity index (χ1) is 11.4. The van der Waals surface area contributed by atoms with Gasteiger partial charge in [-0.25, -0.2) is 21.6 Å². The first-order valence-electron chi connectivity index (χ1n) is 7.28. The molecule has 0 aliphatic carbocycles. The molecule has 0 atom stereocenters. The molecule has 1 aliphatic heterocycles. The number of halogens is 3. The summed E-state index contributed by atoms with van der Waals surface area (Å²) in [4.78, 5) is -0.278. The van der Waals surface area contributed by atoms with Crippen LogP contribution in [-0.2, 0) is 10.0 Å². The van der Waals surface area contributed by atoms with Crippen LogP contribution in [0.4, 0.5) is 13.2 Å². The van der Waals surface area contributed by atoms with Crippen molar-refractivity contribution in [3.05, 3.63) is 71.6 Å². The van der Waals surface area contributed by atoms with Gasteiger partial charge in [0, 0.05) is 13.1 Å². The molecule has 0 N–H and O–H groups in total. The fourth-order valence-electron chi connectivity index (χ4n) is 2.58. The SMILES string of the molecule is O=S(=O)(c1ccc(F)c(F)c1)N1CC=C(c2ccc(F)cc2)CC1. The predicted molar refractivity (Wildman–Crippen MR) is 84.1 cm³/mol. The first kappa shape index (κ1) is 16.7. The van der Waals surface area contributed by atoms with E-state index in [0.29, 0.717) is 12.5 Å². The summed E-state index contributed by atoms with van der Waals surface area (Å²) in [5.41, 5.74) is 1.76. The molecule has 1 heterocycles. The van der Waals surface area contributed by atoms with Crippen LogP contribution in [0.1, 0.15) is 12.0 Å². The number of sulfonamides is 1. The van der Waals surface area contributed by atoms with Gasteiger partial charge in [-0.05, 0) is 47.9 Å². The van der Waals surface area contributed by atoms with E-state index in [1.54, 1.807) is 18.2 Å². The summed E-state index contributed by atoms with van der Waals surface area (Å²) < 4.78 is 65.4. The van der Waals surface area contributed by atoms with Gasteiger partial charge in [0.1, 0.15) is 5.82 Å². The zero-order valence-electron chi connectivity index (χ0n) is 12.5. The van der Waals surface area contributed by atoms with Crippen molar-refractivity contribution < 1.29 is 21.6 Å². The topological polar surface area (TPSA) is 37.4 Å². The maximum Gasteiger partial charge on any atom is 0.243 e. The van der Waals surface area contributed by atoms with Crippen molar-refractivity contribution >= 4 is 15.6 Å². The Balaban J connectivity index is 1.82. The minimum atomic E-state index is -3.89. The number of hydrogen-bond acceptors (Lipinski definition) is 2. The average Bonchev–Trinajstić information content (AvgIpc) is 2.58. The number of nitrogens with zero attached hydrogens (tertiary/aromatic N) is 1. The highest BCUT2D eigenvalue weighted by atomic mass is 32.2. The smallest absolute Gasteiger partial charge is 0.207 e. The third-order valence-electron chi connectivity index (χ3n) is 3.92. The van der Waals surface area contributed by atoms with E-state index < -0.39 is 21.7 Å². The normalized spacial score (nSPS) is 16.0. The second-order valence-corrected chi connectivity index (χ2v) is 7.36. The van der Waals surface area contributed by atoms with E-state index in [9.17, 15) is 21.6 Å². The molecule has 2 aromatic carbocycles. The zero-order valence-corrected chi connectivity index (χ0v) is 13.4. The van der Waals surface area contributed by atoms with Crippen LogP contribution in [0.2, 0.25) is 0 Å². The highest BCUT2D eigenvalue weighted by molar-refractivity contribution is 7.89. The summed E-state index contributed by atoms with van der Waals surface area (Å²) in [5.74, 6) is -2.63. The van der Waals surface area contributed by atoms with Gasteiger partial charge in [-0.15, -0.1) is 0 Å². The van der Waals surface area contributed by atoms with Crippen LogP contribution in [-0.4, -0.2) is 25.8 Å². The Morgan fingerprint density at radius 2 is 1.62 bits per heavy atom. The Hall–Kier alpha value is -2.12. The molecule has 0 fully saturated rings. The maximum absolute atomic E-state index is 13.3. The van der Waals surface area contributed by atoms with Gasteiger partial charge in [0.05, 0.1) is 4.90 Å². The number of benzene rings is 2. The number of rotatable bonds is 3. The largest absolute Gasteiger partial charge is 0.243 e. The Bertz CT molecular complexity index is 893. The quantitative estimate of drug-likeness (QED) is 0.846. The Morgan fingerprint density at radius 1 is 0.917 bits per heavy atom. The lowest BCUT2D eigenvalue weighted by atomic mass is 10.0. The summed E-state index contributed by atoms with van der Waals surface area (Å²) >= 11 is 0. The molecule has 0 saturated carbocycles. The van der Waals surface area contributed by atoms with E-state index in [0.717, 1.165) is 23.3 Å². The van der Waals surface area contributed by atoms with Crippen molar-refractivity contribution in [3.8, 4) is 0 Å². The van der Waals surface area contributed by atoms with Gasteiger partial charge < -0.3 is 0 Å². The summed E-state index contributed by atoms with van der Waals surface area (Å²) in [6.07, 6.45) is 2.20. The number of hydrogen-bond donors (Lipinski definition) is 0. The molecule has 3 rings (SSSR count). The standard InChI is InChI=1S/C17H14F3NO2S/c18-14-3-1-12(2-4-14)13-7-9-21(10-8-13)24(22,23)15-5-6-16(19)17(20)11-15/h1-7,11H,8-10H2. The molecule has 24 heavy (non-hydrogen) atoms. The zero-order chi connectivity index (χ0) is 17.3. The second kappa shape index (κ2) is 6.41. The summed E-state index contributed by atoms with van der Waals surface area (Å²) in [6, 6.07) is 8.51. The molecule has 0 amide bonds. The van der Waals surface area contributed by atoms with Crippen LogP contribution in [0.25, 0.3) is 5.57 Å². The van der Waals surface area contributed by atoms with Gasteiger partial charge in [0.15, 0.2) is 11.6 Å². The van der Waals surface area contributed by atoms with Gasteiger partial charge >= 0.3 is 0 Å². The Morgan fingerprint density at radius 3 is 2.21 bits per heavy atom. The summed E-state index contributed by atoms with van der Waals surface area (Å²) in [7, 11) is -3.89. The third kappa shape index (κ3) is 3.22. The van der Waals surface area contributed by atoms with E-state index in [4.69, 9.17) is 0 Å². The molecule has 0 bridgehead atoms. The molecular formula is C17H14F3NO2S. The van der Waals surface area contributed by atoms with E-state index in [1.165, 1.54) is 16.4 Å². The molecule has 1 aliphatic rings. The van der Waals surface area contributed by atoms with Crippen molar-refractivity contribution in [3.63, 3.8) is 0 Å². The van der Waals surface area contributed by atoms with Gasteiger partial charge in [0.25, 0.3) is 0 Å². The maximum atomic E-state index is 13.3. The minimum absolute atomic E-state index is 0.119. The van der Waals surface area contributed by atoms with Crippen molar-refractivity contribution in [2.75, 3.05) is 13.1 Å². The van der Waals surface area contributed by atoms with E-state index in [-0.39, 0.29) is 23.8 Å². The monoisotopic (exact) mass is 353 g/mol. The summed E-state index contributed by atoms with van der Waals surface area (Å²) in [6.45, 7) is 0.332. The predicted octanol–water partition coefficient (Wildman–Crippen LogP) is 3.58. The fourth-order valence-corrected chi connectivity index (χ4v) is 3.97. The fraction of sp³-hybridized carbons (Fsp3) is 0.176. The molecule has 0 aromatic heterocycles. The Kier molecular flexibility index (Phi) is 4.47. The van der Waals surface area contributed by atoms with Crippen LogP contribution < -0.4 is 0 Å². The molecule has 2 aromatic rings. The van der Waals surface area contributed by atoms with Gasteiger partial charge in [-0.1, -0.05) is 18.2 Å². The van der Waals surface area contributed by atoms with Gasteiger partial charge in [-0.2, -0.15) is 4.31 Å². The van der Waals surface area contributed by atoms with E-state index in [2.05, 4.69) is 0 Å². The molecular weight excluding hydrogens is 339 g/mol. The van der Waals surface area contributed by atoms with Crippen LogP contribution in [0, 0.1) is 17.5 Å². The van der Waals surface area contributed by atoms with Crippen LogP contribution >= 0.6 is 0 Å². The lowest BCUT2D eigenvalue weighted by Crippen LogP contribution is -2.34. The van der Waals surface area contributed by atoms with Crippen LogP contribution in [0.3, 0.4) is 0 Å². The average molecular weight is 353 g/mol. The molecule has 0 saturated heterocycles. The summed E-state index contributed by atoms with van der Waals surface area (Å²) in [5, 5.41) is 0. The molecule has 0 radical (unpaired) electrons. The molecule has 126 valence electrons. The van der Waals surface area contributed by atoms with Crippen molar-refractivity contribution in [1.82, 2.24) is 4.31 Å². The second-order valence-electron chi connectivity index (χ2n) is 5.43. The van der Waals surface area contributed by atoms with Crippen molar-refractivity contribution in [1.29, 1.82) is 0 Å². The van der Waals surface area contributed by atoms with E-state index >= 15 is 0 Å². The molecule has 0 spiro atoms. The molecule has 0 unspecified atom stereocenters. The van der Waals surface area contributed by atoms with E-state index in [1.807, 2.05) is 0 Å². The minimum Gasteiger partial charge on any atom is -0.207 e. The van der Waals surface area contributed by atoms with Crippen LogP contribution in [0.15, 0.2) is 53.4 Å². The van der Waals surface area contributed by atoms with Gasteiger partial charge in [-0.3, -0.25) is 0 Å². The first-order valence-corrected chi connectivity index (χ1v) is 8.72. The van der Waals surface area contributed by atoms with Crippen molar-refractivity contribution in [2.24, 2.45) is 0 Å². The molecule has 7 heteroatoms. The Labute approximate surface area is 138 Å². The molecule has 3 nitrogen and oxygen atoms in total. The highest BCUT2D eigenvalue weighted by Crippen LogP contribution is 2.26. The lowest BCUT2D eigenvalue weighted by Gasteiger charge is -2.26. The third-order valence-corrected chi connectivity index (χ3v) is 5.78. The van der Waals surface area contributed by atoms with Crippen LogP contribution in [0.5, 0.6) is 0 Å². The van der Waals surface area contributed by atoms with Gasteiger partial charge in [0.2, 0.25) is 10.0 Å². The lowest BCUT2D eigenvalue weighted by molar-refractivity contribution is 0.439. The highest BCUT2D eigenvalue weighted by Gasteiger charge is 2.27. The van der Waals surface area contributed by atoms with Crippen molar-refractivity contribution in [2.45, 2.75) is 11.3 Å².